The van der Waals surface area contributed by atoms with E-state index < -0.39 is 0 Å². The molecule has 5 nitrogen and oxygen atoms in total. The zero-order valence-electron chi connectivity index (χ0n) is 12.4. The van der Waals surface area contributed by atoms with Gasteiger partial charge in [0.1, 0.15) is 0 Å². The van der Waals surface area contributed by atoms with Crippen LogP contribution < -0.4 is 5.32 Å². The van der Waals surface area contributed by atoms with Crippen molar-refractivity contribution in [3.63, 3.8) is 0 Å². The highest BCUT2D eigenvalue weighted by Gasteiger charge is 2.27. The smallest absolute Gasteiger partial charge is 0.219 e. The Morgan fingerprint density at radius 3 is 2.80 bits per heavy atom. The second-order valence-electron chi connectivity index (χ2n) is 6.06. The van der Waals surface area contributed by atoms with E-state index in [1.165, 1.54) is 24.1 Å². The van der Waals surface area contributed by atoms with E-state index in [9.17, 15) is 4.79 Å². The first-order valence-corrected chi connectivity index (χ1v) is 7.67. The number of hydrogen-bond donors (Lipinski definition) is 1. The highest BCUT2D eigenvalue weighted by molar-refractivity contribution is 5.73. The van der Waals surface area contributed by atoms with Gasteiger partial charge >= 0.3 is 0 Å². The molecule has 1 unspecified atom stereocenters. The first-order chi connectivity index (χ1) is 9.65. The second-order valence-corrected chi connectivity index (χ2v) is 6.06. The van der Waals surface area contributed by atoms with Gasteiger partial charge in [-0.05, 0) is 32.1 Å². The molecule has 2 aliphatic rings. The van der Waals surface area contributed by atoms with Crippen LogP contribution in [0.1, 0.15) is 49.9 Å². The zero-order valence-corrected chi connectivity index (χ0v) is 12.4. The maximum atomic E-state index is 11.4. The first kappa shape index (κ1) is 13.6. The summed E-state index contributed by atoms with van der Waals surface area (Å²) >= 11 is 0. The molecule has 0 spiro atoms. The number of aryl methyl sites for hydroxylation is 1. The van der Waals surface area contributed by atoms with Crippen molar-refractivity contribution < 1.29 is 4.79 Å². The summed E-state index contributed by atoms with van der Waals surface area (Å²) in [4.78, 5) is 13.3. The lowest BCUT2D eigenvalue weighted by molar-refractivity contribution is -0.129. The molecule has 110 valence electrons. The summed E-state index contributed by atoms with van der Waals surface area (Å²) in [7, 11) is 2.03. The number of amides is 1. The number of piperidine rings is 1. The van der Waals surface area contributed by atoms with E-state index in [0.29, 0.717) is 12.1 Å². The van der Waals surface area contributed by atoms with Crippen molar-refractivity contribution in [1.82, 2.24) is 20.0 Å². The van der Waals surface area contributed by atoms with Gasteiger partial charge in [0.15, 0.2) is 0 Å². The zero-order chi connectivity index (χ0) is 14.1. The molecular formula is C15H24N4O. The SMILES string of the molecule is CC(=O)N1CCC(NC2CCCc3c2cnn3C)CC1. The predicted octanol–water partition coefficient (Wildman–Crippen LogP) is 1.40. The summed E-state index contributed by atoms with van der Waals surface area (Å²) in [6, 6.07) is 0.975. The third-order valence-electron chi connectivity index (χ3n) is 4.75. The fourth-order valence-corrected chi connectivity index (χ4v) is 3.52. The normalized spacial score (nSPS) is 23.7. The van der Waals surface area contributed by atoms with Crippen LogP contribution in [0.4, 0.5) is 0 Å². The third kappa shape index (κ3) is 2.59. The number of carbonyl (C=O) groups excluding carboxylic acids is 1. The fourth-order valence-electron chi connectivity index (χ4n) is 3.52. The van der Waals surface area contributed by atoms with Gasteiger partial charge in [-0.2, -0.15) is 5.10 Å². The van der Waals surface area contributed by atoms with Gasteiger partial charge in [-0.25, -0.2) is 0 Å². The number of carbonyl (C=O) groups is 1. The van der Waals surface area contributed by atoms with Crippen molar-refractivity contribution in [2.75, 3.05) is 13.1 Å². The number of fused-ring (bicyclic) bond motifs is 1. The van der Waals surface area contributed by atoms with Crippen LogP contribution in [0.3, 0.4) is 0 Å². The van der Waals surface area contributed by atoms with Crippen LogP contribution in [0.25, 0.3) is 0 Å². The minimum absolute atomic E-state index is 0.204. The Kier molecular flexibility index (Phi) is 3.78. The van der Waals surface area contributed by atoms with Gasteiger partial charge in [0.25, 0.3) is 0 Å². The molecule has 1 aromatic rings. The highest BCUT2D eigenvalue weighted by Crippen LogP contribution is 2.30. The molecule has 1 aliphatic heterocycles. The first-order valence-electron chi connectivity index (χ1n) is 7.67. The Morgan fingerprint density at radius 1 is 1.35 bits per heavy atom. The molecule has 3 rings (SSSR count). The summed E-state index contributed by atoms with van der Waals surface area (Å²) in [5.74, 6) is 0.204. The molecule has 1 fully saturated rings. The maximum Gasteiger partial charge on any atom is 0.219 e. The molecule has 5 heteroatoms. The molecule has 1 atom stereocenters. The largest absolute Gasteiger partial charge is 0.343 e. The topological polar surface area (TPSA) is 50.2 Å². The van der Waals surface area contributed by atoms with Crippen molar-refractivity contribution in [2.45, 2.75) is 51.1 Å². The molecule has 0 aromatic carbocycles. The molecule has 1 aliphatic carbocycles. The highest BCUT2D eigenvalue weighted by atomic mass is 16.2. The van der Waals surface area contributed by atoms with Gasteiger partial charge in [0.05, 0.1) is 6.20 Å². The van der Waals surface area contributed by atoms with Crippen molar-refractivity contribution in [1.29, 1.82) is 0 Å². The van der Waals surface area contributed by atoms with Crippen LogP contribution in [0.2, 0.25) is 0 Å². The number of aromatic nitrogens is 2. The van der Waals surface area contributed by atoms with Crippen molar-refractivity contribution in [3.8, 4) is 0 Å². The Morgan fingerprint density at radius 2 is 2.10 bits per heavy atom. The van der Waals surface area contributed by atoms with E-state index in [-0.39, 0.29) is 5.91 Å². The molecule has 0 bridgehead atoms. The second kappa shape index (κ2) is 5.56. The van der Waals surface area contributed by atoms with Gasteiger partial charge < -0.3 is 10.2 Å². The van der Waals surface area contributed by atoms with Crippen LogP contribution >= 0.6 is 0 Å². The van der Waals surface area contributed by atoms with Gasteiger partial charge in [0, 0.05) is 50.4 Å². The number of nitrogens with zero attached hydrogens (tertiary/aromatic N) is 3. The van der Waals surface area contributed by atoms with Crippen LogP contribution in [-0.2, 0) is 18.3 Å². The number of likely N-dealkylation sites (tertiary alicyclic amines) is 1. The Balaban J connectivity index is 1.61. The van der Waals surface area contributed by atoms with E-state index in [4.69, 9.17) is 0 Å². The molecule has 20 heavy (non-hydrogen) atoms. The molecule has 1 amide bonds. The van der Waals surface area contributed by atoms with Gasteiger partial charge in [-0.15, -0.1) is 0 Å². The molecule has 2 heterocycles. The van der Waals surface area contributed by atoms with E-state index in [0.717, 1.165) is 32.4 Å². The lowest BCUT2D eigenvalue weighted by Gasteiger charge is -2.35. The van der Waals surface area contributed by atoms with Gasteiger partial charge in [-0.3, -0.25) is 9.48 Å². The standard InChI is InChI=1S/C15H24N4O/c1-11(20)19-8-6-12(7-9-19)17-14-4-3-5-15-13(14)10-16-18(15)2/h10,12,14,17H,3-9H2,1-2H3. The molecule has 1 N–H and O–H groups in total. The number of rotatable bonds is 2. The Bertz CT molecular complexity index is 488. The average molecular weight is 276 g/mol. The van der Waals surface area contributed by atoms with Crippen LogP contribution in [0, 0.1) is 0 Å². The lowest BCUT2D eigenvalue weighted by atomic mass is 9.91. The predicted molar refractivity (Wildman–Crippen MR) is 77.3 cm³/mol. The minimum atomic E-state index is 0.204. The summed E-state index contributed by atoms with van der Waals surface area (Å²) in [6.07, 6.45) is 7.73. The van der Waals surface area contributed by atoms with Crippen LogP contribution in [-0.4, -0.2) is 39.7 Å². The summed E-state index contributed by atoms with van der Waals surface area (Å²) < 4.78 is 2.02. The molecular weight excluding hydrogens is 252 g/mol. The molecule has 0 saturated carbocycles. The third-order valence-corrected chi connectivity index (χ3v) is 4.75. The van der Waals surface area contributed by atoms with Crippen LogP contribution in [0.5, 0.6) is 0 Å². The summed E-state index contributed by atoms with van der Waals surface area (Å²) in [5, 5.41) is 8.20. The quantitative estimate of drug-likeness (QED) is 0.888. The summed E-state index contributed by atoms with van der Waals surface area (Å²) in [5.41, 5.74) is 2.77. The molecule has 0 radical (unpaired) electrons. The lowest BCUT2D eigenvalue weighted by Crippen LogP contribution is -2.45. The number of nitrogens with one attached hydrogen (secondary N) is 1. The van der Waals surface area contributed by atoms with E-state index in [2.05, 4.69) is 10.4 Å². The van der Waals surface area contributed by atoms with Gasteiger partial charge in [0.2, 0.25) is 5.91 Å². The minimum Gasteiger partial charge on any atom is -0.343 e. The average Bonchev–Trinajstić information content (AvgIpc) is 2.82. The Hall–Kier alpha value is -1.36. The summed E-state index contributed by atoms with van der Waals surface area (Å²) in [6.45, 7) is 3.44. The maximum absolute atomic E-state index is 11.4. The van der Waals surface area contributed by atoms with Crippen LogP contribution in [0.15, 0.2) is 6.20 Å². The molecule has 1 saturated heterocycles. The van der Waals surface area contributed by atoms with E-state index >= 15 is 0 Å². The number of hydrogen-bond acceptors (Lipinski definition) is 3. The fraction of sp³-hybridized carbons (Fsp3) is 0.733. The van der Waals surface area contributed by atoms with E-state index in [1.807, 2.05) is 22.8 Å². The Labute approximate surface area is 120 Å². The van der Waals surface area contributed by atoms with Crippen molar-refractivity contribution in [3.05, 3.63) is 17.5 Å². The van der Waals surface area contributed by atoms with Crippen molar-refractivity contribution in [2.24, 2.45) is 7.05 Å². The van der Waals surface area contributed by atoms with E-state index in [1.54, 1.807) is 6.92 Å². The molecule has 1 aromatic heterocycles. The van der Waals surface area contributed by atoms with Gasteiger partial charge in [-0.1, -0.05) is 0 Å². The van der Waals surface area contributed by atoms with Crippen molar-refractivity contribution >= 4 is 5.91 Å². The monoisotopic (exact) mass is 276 g/mol.